The molecule has 5 heteroatoms. The van der Waals surface area contributed by atoms with E-state index in [0.717, 1.165) is 11.4 Å². The Balaban J connectivity index is 2.17. The van der Waals surface area contributed by atoms with Crippen LogP contribution in [0, 0.1) is 0 Å². The summed E-state index contributed by atoms with van der Waals surface area (Å²) in [6.45, 7) is 6.59. The minimum Gasteiger partial charge on any atom is -0.389 e. The van der Waals surface area contributed by atoms with Crippen molar-refractivity contribution in [1.29, 1.82) is 0 Å². The summed E-state index contributed by atoms with van der Waals surface area (Å²) in [6.07, 6.45) is 5.03. The van der Waals surface area contributed by atoms with Crippen LogP contribution in [-0.2, 0) is 6.54 Å². The van der Waals surface area contributed by atoms with Crippen LogP contribution in [-0.4, -0.2) is 24.4 Å². The van der Waals surface area contributed by atoms with E-state index >= 15 is 0 Å². The summed E-state index contributed by atoms with van der Waals surface area (Å²) in [5.74, 6) is 0.924. The number of aromatic nitrogens is 4. The van der Waals surface area contributed by atoms with Gasteiger partial charge in [0.2, 0.25) is 0 Å². The van der Waals surface area contributed by atoms with E-state index in [4.69, 9.17) is 0 Å². The molecular weight excluding hydrogens is 216 g/mol. The van der Waals surface area contributed by atoms with Crippen molar-refractivity contribution in [3.63, 3.8) is 0 Å². The summed E-state index contributed by atoms with van der Waals surface area (Å²) < 4.78 is 3.91. The Bertz CT molecular complexity index is 484. The first-order valence-electron chi connectivity index (χ1n) is 5.80. The Morgan fingerprint density at radius 3 is 2.71 bits per heavy atom. The van der Waals surface area contributed by atoms with Gasteiger partial charge in [-0.2, -0.15) is 5.10 Å². The zero-order valence-electron chi connectivity index (χ0n) is 10.4. The van der Waals surface area contributed by atoms with E-state index in [2.05, 4.69) is 23.9 Å². The molecule has 0 aliphatic rings. The third-order valence-corrected chi connectivity index (χ3v) is 2.72. The van der Waals surface area contributed by atoms with Crippen LogP contribution in [0.3, 0.4) is 0 Å². The fraction of sp³-hybridized carbons (Fsp3) is 0.500. The van der Waals surface area contributed by atoms with Gasteiger partial charge in [-0.05, 0) is 32.4 Å². The molecule has 0 aromatic carbocycles. The molecule has 5 nitrogen and oxygen atoms in total. The van der Waals surface area contributed by atoms with Gasteiger partial charge in [0.25, 0.3) is 0 Å². The van der Waals surface area contributed by atoms with Crippen molar-refractivity contribution in [3.05, 3.63) is 36.2 Å². The Morgan fingerprint density at radius 1 is 1.35 bits per heavy atom. The molecule has 2 aromatic heterocycles. The zero-order valence-corrected chi connectivity index (χ0v) is 10.4. The zero-order chi connectivity index (χ0) is 12.4. The van der Waals surface area contributed by atoms with Gasteiger partial charge in [0.15, 0.2) is 0 Å². The lowest BCUT2D eigenvalue weighted by molar-refractivity contribution is 0.199. The quantitative estimate of drug-likeness (QED) is 0.877. The molecule has 1 N–H and O–H groups in total. The number of hydrogen-bond donors (Lipinski definition) is 1. The van der Waals surface area contributed by atoms with Gasteiger partial charge in [-0.15, -0.1) is 0 Å². The maximum atomic E-state index is 9.46. The lowest BCUT2D eigenvalue weighted by atomic mass is 10.2. The smallest absolute Gasteiger partial charge is 0.147 e. The van der Waals surface area contributed by atoms with Crippen LogP contribution in [0.25, 0.3) is 0 Å². The van der Waals surface area contributed by atoms with E-state index in [1.165, 1.54) is 0 Å². The van der Waals surface area contributed by atoms with Crippen molar-refractivity contribution < 1.29 is 5.11 Å². The van der Waals surface area contributed by atoms with Gasteiger partial charge in [0, 0.05) is 18.4 Å². The van der Waals surface area contributed by atoms with Crippen LogP contribution >= 0.6 is 0 Å². The van der Waals surface area contributed by atoms with E-state index in [-0.39, 0.29) is 0 Å². The lowest BCUT2D eigenvalue weighted by Crippen LogP contribution is -2.11. The molecule has 2 heterocycles. The summed E-state index contributed by atoms with van der Waals surface area (Å²) >= 11 is 0. The van der Waals surface area contributed by atoms with E-state index in [1.54, 1.807) is 13.3 Å². The molecule has 1 unspecified atom stereocenters. The third kappa shape index (κ3) is 2.55. The fourth-order valence-corrected chi connectivity index (χ4v) is 1.79. The molecular formula is C12H18N4O. The molecule has 17 heavy (non-hydrogen) atoms. The Labute approximate surface area is 101 Å². The summed E-state index contributed by atoms with van der Waals surface area (Å²) in [4.78, 5) is 4.26. The third-order valence-electron chi connectivity index (χ3n) is 2.72. The van der Waals surface area contributed by atoms with Crippen LogP contribution < -0.4 is 0 Å². The van der Waals surface area contributed by atoms with Gasteiger partial charge >= 0.3 is 0 Å². The summed E-state index contributed by atoms with van der Waals surface area (Å²) in [5.41, 5.74) is 0.917. The van der Waals surface area contributed by atoms with Crippen molar-refractivity contribution in [2.24, 2.45) is 0 Å². The van der Waals surface area contributed by atoms with Gasteiger partial charge in [0.1, 0.15) is 12.2 Å². The second kappa shape index (κ2) is 4.71. The topological polar surface area (TPSA) is 55.9 Å². The normalized spacial score (nSPS) is 13.2. The fourth-order valence-electron chi connectivity index (χ4n) is 1.79. The first-order valence-corrected chi connectivity index (χ1v) is 5.80. The minimum absolute atomic E-state index is 0.305. The molecule has 0 saturated heterocycles. The van der Waals surface area contributed by atoms with Gasteiger partial charge in [0.05, 0.1) is 12.6 Å². The Morgan fingerprint density at radius 2 is 2.12 bits per heavy atom. The maximum Gasteiger partial charge on any atom is 0.147 e. The van der Waals surface area contributed by atoms with Crippen molar-refractivity contribution in [3.8, 4) is 0 Å². The van der Waals surface area contributed by atoms with Crippen LogP contribution in [0.1, 0.15) is 44.3 Å². The molecule has 1 atom stereocenters. The van der Waals surface area contributed by atoms with Crippen molar-refractivity contribution in [2.45, 2.75) is 39.5 Å². The first kappa shape index (κ1) is 11.9. The Hall–Kier alpha value is -1.62. The van der Waals surface area contributed by atoms with Crippen molar-refractivity contribution >= 4 is 0 Å². The molecule has 92 valence electrons. The molecule has 0 fully saturated rings. The summed E-state index contributed by atoms with van der Waals surface area (Å²) in [5, 5.41) is 13.7. The lowest BCUT2D eigenvalue weighted by Gasteiger charge is -2.09. The standard InChI is InChI=1S/C12H18N4O/c1-9(2)16-12(13-8-14-16)7-15-5-4-11(6-15)10(3)17/h4-6,8-10,17H,7H2,1-3H3. The maximum absolute atomic E-state index is 9.46. The molecule has 0 spiro atoms. The van der Waals surface area contributed by atoms with Gasteiger partial charge in [-0.3, -0.25) is 0 Å². The van der Waals surface area contributed by atoms with Gasteiger partial charge in [-0.1, -0.05) is 0 Å². The molecule has 0 aliphatic heterocycles. The van der Waals surface area contributed by atoms with Crippen LogP contribution in [0.4, 0.5) is 0 Å². The Kier molecular flexibility index (Phi) is 3.28. The van der Waals surface area contributed by atoms with Crippen LogP contribution in [0.2, 0.25) is 0 Å². The molecule has 0 bridgehead atoms. The molecule has 2 aromatic rings. The predicted octanol–water partition coefficient (Wildman–Crippen LogP) is 1.76. The SMILES string of the molecule is CC(O)c1ccn(Cc2ncnn2C(C)C)c1. The highest BCUT2D eigenvalue weighted by atomic mass is 16.3. The average molecular weight is 234 g/mol. The van der Waals surface area contributed by atoms with Crippen LogP contribution in [0.15, 0.2) is 24.8 Å². The van der Waals surface area contributed by atoms with E-state index in [1.807, 2.05) is 27.7 Å². The highest BCUT2D eigenvalue weighted by Gasteiger charge is 2.09. The van der Waals surface area contributed by atoms with E-state index in [0.29, 0.717) is 12.6 Å². The number of aliphatic hydroxyl groups is 1. The molecule has 0 aliphatic carbocycles. The molecule has 0 saturated carbocycles. The predicted molar refractivity (Wildman–Crippen MR) is 64.6 cm³/mol. The number of aliphatic hydroxyl groups excluding tert-OH is 1. The highest BCUT2D eigenvalue weighted by Crippen LogP contribution is 2.13. The van der Waals surface area contributed by atoms with E-state index < -0.39 is 6.10 Å². The van der Waals surface area contributed by atoms with Crippen molar-refractivity contribution in [1.82, 2.24) is 19.3 Å². The molecule has 0 amide bonds. The van der Waals surface area contributed by atoms with Gasteiger partial charge in [-0.25, -0.2) is 9.67 Å². The number of nitrogens with zero attached hydrogens (tertiary/aromatic N) is 4. The monoisotopic (exact) mass is 234 g/mol. The van der Waals surface area contributed by atoms with Crippen molar-refractivity contribution in [2.75, 3.05) is 0 Å². The summed E-state index contributed by atoms with van der Waals surface area (Å²) in [7, 11) is 0. The number of hydrogen-bond acceptors (Lipinski definition) is 3. The number of rotatable bonds is 4. The summed E-state index contributed by atoms with van der Waals surface area (Å²) in [6, 6.07) is 2.22. The molecule has 0 radical (unpaired) electrons. The minimum atomic E-state index is -0.431. The first-order chi connectivity index (χ1) is 8.08. The highest BCUT2D eigenvalue weighted by molar-refractivity contribution is 5.13. The average Bonchev–Trinajstić information content (AvgIpc) is 2.86. The van der Waals surface area contributed by atoms with Gasteiger partial charge < -0.3 is 9.67 Å². The largest absolute Gasteiger partial charge is 0.389 e. The second-order valence-corrected chi connectivity index (χ2v) is 4.51. The van der Waals surface area contributed by atoms with Crippen LogP contribution in [0.5, 0.6) is 0 Å². The second-order valence-electron chi connectivity index (χ2n) is 4.51. The molecule has 2 rings (SSSR count). The van der Waals surface area contributed by atoms with E-state index in [9.17, 15) is 5.11 Å².